The van der Waals surface area contributed by atoms with E-state index < -0.39 is 0 Å². The Kier molecular flexibility index (Phi) is 10.2. The van der Waals surface area contributed by atoms with Crippen LogP contribution in [-0.4, -0.2) is 43.5 Å². The first-order chi connectivity index (χ1) is 8.11. The average molecular weight is 243 g/mol. The number of nitrogens with zero attached hydrogens (tertiary/aromatic N) is 1. The molecule has 0 saturated heterocycles. The number of rotatable bonds is 10. The van der Waals surface area contributed by atoms with Crippen molar-refractivity contribution in [2.24, 2.45) is 5.73 Å². The van der Waals surface area contributed by atoms with Crippen LogP contribution < -0.4 is 11.1 Å². The van der Waals surface area contributed by atoms with Gasteiger partial charge in [-0.1, -0.05) is 13.3 Å². The van der Waals surface area contributed by atoms with Crippen molar-refractivity contribution in [3.63, 3.8) is 0 Å². The second kappa shape index (κ2) is 10.5. The van der Waals surface area contributed by atoms with Crippen molar-refractivity contribution in [2.45, 2.75) is 52.0 Å². The molecular formula is C13H29N3O. The summed E-state index contributed by atoms with van der Waals surface area (Å²) >= 11 is 0. The van der Waals surface area contributed by atoms with Crippen LogP contribution in [0, 0.1) is 0 Å². The minimum absolute atomic E-state index is 0.166. The summed E-state index contributed by atoms with van der Waals surface area (Å²) < 4.78 is 0. The van der Waals surface area contributed by atoms with Crippen LogP contribution in [0.3, 0.4) is 0 Å². The van der Waals surface area contributed by atoms with E-state index in [1.807, 2.05) is 0 Å². The fraction of sp³-hybridized carbons (Fsp3) is 0.923. The van der Waals surface area contributed by atoms with Crippen molar-refractivity contribution in [1.82, 2.24) is 10.2 Å². The first-order valence-corrected chi connectivity index (χ1v) is 6.78. The Morgan fingerprint density at radius 2 is 2.06 bits per heavy atom. The summed E-state index contributed by atoms with van der Waals surface area (Å²) in [6, 6.07) is 0.580. The van der Waals surface area contributed by atoms with Crippen molar-refractivity contribution in [1.29, 1.82) is 0 Å². The normalized spacial score (nSPS) is 12.8. The molecule has 4 nitrogen and oxygen atoms in total. The second-order valence-electron chi connectivity index (χ2n) is 4.69. The van der Waals surface area contributed by atoms with Crippen LogP contribution in [0.15, 0.2) is 0 Å². The third kappa shape index (κ3) is 9.12. The monoisotopic (exact) mass is 243 g/mol. The summed E-state index contributed by atoms with van der Waals surface area (Å²) in [6.07, 6.45) is 4.79. The molecule has 0 aliphatic carbocycles. The molecule has 0 saturated carbocycles. The molecule has 4 heteroatoms. The molecule has 0 heterocycles. The van der Waals surface area contributed by atoms with E-state index in [9.17, 15) is 4.79 Å². The number of nitrogens with two attached hydrogens (primary N) is 1. The molecule has 3 N–H and O–H groups in total. The lowest BCUT2D eigenvalue weighted by molar-refractivity contribution is -0.121. The zero-order valence-corrected chi connectivity index (χ0v) is 11.7. The summed E-state index contributed by atoms with van der Waals surface area (Å²) in [5.41, 5.74) is 5.39. The minimum atomic E-state index is 0.166. The lowest BCUT2D eigenvalue weighted by Crippen LogP contribution is -2.36. The number of nitrogens with one attached hydrogen (secondary N) is 1. The molecule has 1 unspecified atom stereocenters. The Bertz CT molecular complexity index is 197. The van der Waals surface area contributed by atoms with Gasteiger partial charge in [0.15, 0.2) is 0 Å². The summed E-state index contributed by atoms with van der Waals surface area (Å²) in [6.45, 7) is 6.77. The standard InChI is InChI=1S/C13H29N3O/c1-4-12(2)16(3)11-10-15-13(17)8-6-5-7-9-14/h12H,4-11,14H2,1-3H3,(H,15,17). The van der Waals surface area contributed by atoms with Crippen molar-refractivity contribution < 1.29 is 4.79 Å². The molecule has 0 aromatic heterocycles. The van der Waals surface area contributed by atoms with Gasteiger partial charge in [-0.05, 0) is 39.8 Å². The second-order valence-corrected chi connectivity index (χ2v) is 4.69. The van der Waals surface area contributed by atoms with E-state index in [2.05, 4.69) is 31.1 Å². The van der Waals surface area contributed by atoms with Crippen molar-refractivity contribution >= 4 is 5.91 Å². The highest BCUT2D eigenvalue weighted by Crippen LogP contribution is 1.99. The van der Waals surface area contributed by atoms with Crippen LogP contribution in [0.1, 0.15) is 46.0 Å². The van der Waals surface area contributed by atoms with E-state index in [4.69, 9.17) is 5.73 Å². The van der Waals surface area contributed by atoms with Crippen LogP contribution in [0.2, 0.25) is 0 Å². The molecule has 0 radical (unpaired) electrons. The van der Waals surface area contributed by atoms with Crippen LogP contribution in [0.4, 0.5) is 0 Å². The lowest BCUT2D eigenvalue weighted by Gasteiger charge is -2.23. The molecular weight excluding hydrogens is 214 g/mol. The number of unbranched alkanes of at least 4 members (excludes halogenated alkanes) is 2. The molecule has 0 aromatic rings. The van der Waals surface area contributed by atoms with Gasteiger partial charge in [-0.15, -0.1) is 0 Å². The number of hydrogen-bond donors (Lipinski definition) is 2. The predicted molar refractivity (Wildman–Crippen MR) is 72.9 cm³/mol. The lowest BCUT2D eigenvalue weighted by atomic mass is 10.2. The maximum atomic E-state index is 11.5. The summed E-state index contributed by atoms with van der Waals surface area (Å²) in [7, 11) is 2.10. The van der Waals surface area contributed by atoms with Gasteiger partial charge < -0.3 is 16.0 Å². The Labute approximate surface area is 106 Å². The first kappa shape index (κ1) is 16.4. The van der Waals surface area contributed by atoms with Gasteiger partial charge in [-0.3, -0.25) is 4.79 Å². The van der Waals surface area contributed by atoms with Gasteiger partial charge in [0.1, 0.15) is 0 Å². The zero-order valence-electron chi connectivity index (χ0n) is 11.7. The first-order valence-electron chi connectivity index (χ1n) is 6.78. The highest BCUT2D eigenvalue weighted by atomic mass is 16.1. The van der Waals surface area contributed by atoms with E-state index in [1.165, 1.54) is 0 Å². The van der Waals surface area contributed by atoms with Gasteiger partial charge in [-0.25, -0.2) is 0 Å². The highest BCUT2D eigenvalue weighted by Gasteiger charge is 2.06. The smallest absolute Gasteiger partial charge is 0.220 e. The van der Waals surface area contributed by atoms with Gasteiger partial charge in [0.05, 0.1) is 0 Å². The van der Waals surface area contributed by atoms with Gasteiger partial charge in [0, 0.05) is 25.6 Å². The summed E-state index contributed by atoms with van der Waals surface area (Å²) in [5.74, 6) is 0.166. The molecule has 1 amide bonds. The van der Waals surface area contributed by atoms with Gasteiger partial charge in [0.2, 0.25) is 5.91 Å². The fourth-order valence-corrected chi connectivity index (χ4v) is 1.60. The number of likely N-dealkylation sites (N-methyl/N-ethyl adjacent to an activating group) is 1. The highest BCUT2D eigenvalue weighted by molar-refractivity contribution is 5.75. The molecule has 0 spiro atoms. The number of carbonyl (C=O) groups is 1. The molecule has 1 atom stereocenters. The average Bonchev–Trinajstić information content (AvgIpc) is 2.33. The van der Waals surface area contributed by atoms with E-state index in [-0.39, 0.29) is 5.91 Å². The third-order valence-electron chi connectivity index (χ3n) is 3.24. The maximum absolute atomic E-state index is 11.5. The molecule has 0 fully saturated rings. The molecule has 17 heavy (non-hydrogen) atoms. The fourth-order valence-electron chi connectivity index (χ4n) is 1.60. The van der Waals surface area contributed by atoms with Gasteiger partial charge in [-0.2, -0.15) is 0 Å². The van der Waals surface area contributed by atoms with Gasteiger partial charge >= 0.3 is 0 Å². The van der Waals surface area contributed by atoms with Crippen molar-refractivity contribution in [2.75, 3.05) is 26.7 Å². The van der Waals surface area contributed by atoms with Crippen LogP contribution in [0.5, 0.6) is 0 Å². The number of carbonyl (C=O) groups excluding carboxylic acids is 1. The third-order valence-corrected chi connectivity index (χ3v) is 3.24. The van der Waals surface area contributed by atoms with Crippen LogP contribution in [0.25, 0.3) is 0 Å². The zero-order chi connectivity index (χ0) is 13.1. The SMILES string of the molecule is CCC(C)N(C)CCNC(=O)CCCCCN. The molecule has 0 rings (SSSR count). The topological polar surface area (TPSA) is 58.4 Å². The minimum Gasteiger partial charge on any atom is -0.355 e. The Morgan fingerprint density at radius 1 is 1.35 bits per heavy atom. The van der Waals surface area contributed by atoms with Crippen molar-refractivity contribution in [3.8, 4) is 0 Å². The largest absolute Gasteiger partial charge is 0.355 e. The Balaban J connectivity index is 3.44. The van der Waals surface area contributed by atoms with Crippen LogP contribution >= 0.6 is 0 Å². The van der Waals surface area contributed by atoms with Gasteiger partial charge in [0.25, 0.3) is 0 Å². The maximum Gasteiger partial charge on any atom is 0.220 e. The Morgan fingerprint density at radius 3 is 2.65 bits per heavy atom. The summed E-state index contributed by atoms with van der Waals surface area (Å²) in [5, 5.41) is 2.96. The number of amides is 1. The quantitative estimate of drug-likeness (QED) is 0.569. The Hall–Kier alpha value is -0.610. The van der Waals surface area contributed by atoms with Crippen LogP contribution in [-0.2, 0) is 4.79 Å². The molecule has 0 bridgehead atoms. The predicted octanol–water partition coefficient (Wildman–Crippen LogP) is 1.35. The molecule has 0 aliphatic rings. The van der Waals surface area contributed by atoms with E-state index in [0.29, 0.717) is 12.5 Å². The van der Waals surface area contributed by atoms with E-state index >= 15 is 0 Å². The molecule has 0 aliphatic heterocycles. The summed E-state index contributed by atoms with van der Waals surface area (Å²) in [4.78, 5) is 13.7. The van der Waals surface area contributed by atoms with E-state index in [1.54, 1.807) is 0 Å². The molecule has 0 aromatic carbocycles. The van der Waals surface area contributed by atoms with Crippen molar-refractivity contribution in [3.05, 3.63) is 0 Å². The molecule has 102 valence electrons. The number of hydrogen-bond acceptors (Lipinski definition) is 3. The van der Waals surface area contributed by atoms with E-state index in [0.717, 1.165) is 45.3 Å².